The van der Waals surface area contributed by atoms with Crippen molar-refractivity contribution in [3.63, 3.8) is 0 Å². The molecule has 0 aromatic carbocycles. The van der Waals surface area contributed by atoms with Gasteiger partial charge in [-0.25, -0.2) is 0 Å². The van der Waals surface area contributed by atoms with E-state index in [4.69, 9.17) is 23.7 Å². The van der Waals surface area contributed by atoms with Crippen molar-refractivity contribution in [2.24, 2.45) is 10.8 Å². The highest BCUT2D eigenvalue weighted by molar-refractivity contribution is 4.80. The molecule has 0 bridgehead atoms. The van der Waals surface area contributed by atoms with Crippen LogP contribution in [-0.2, 0) is 23.7 Å². The Balaban J connectivity index is 1.32. The summed E-state index contributed by atoms with van der Waals surface area (Å²) in [5.41, 5.74) is 0.451. The highest BCUT2D eigenvalue weighted by atomic mass is 16.6. The van der Waals surface area contributed by atoms with E-state index in [0.29, 0.717) is 26.4 Å². The van der Waals surface area contributed by atoms with Gasteiger partial charge in [0.1, 0.15) is 0 Å². The van der Waals surface area contributed by atoms with Crippen molar-refractivity contribution in [2.75, 3.05) is 66.1 Å². The third-order valence-corrected chi connectivity index (χ3v) is 3.45. The molecule has 0 spiro atoms. The predicted molar refractivity (Wildman–Crippen MR) is 70.3 cm³/mol. The highest BCUT2D eigenvalue weighted by Gasteiger charge is 2.34. The van der Waals surface area contributed by atoms with Crippen LogP contribution >= 0.6 is 0 Å². The zero-order chi connectivity index (χ0) is 13.6. The molecule has 0 atom stereocenters. The molecule has 0 aliphatic carbocycles. The standard InChI is InChI=1S/C14H26O5/c1-13(9-18-10-13)7-16-5-3-15-4-6-17-8-14(2)11-19-12-14/h3-12H2,1-2H3. The van der Waals surface area contributed by atoms with Gasteiger partial charge in [-0.3, -0.25) is 0 Å². The summed E-state index contributed by atoms with van der Waals surface area (Å²) in [6.07, 6.45) is 0. The molecule has 2 aliphatic heterocycles. The lowest BCUT2D eigenvalue weighted by Crippen LogP contribution is -2.43. The Morgan fingerprint density at radius 2 is 1.05 bits per heavy atom. The fourth-order valence-corrected chi connectivity index (χ4v) is 2.04. The van der Waals surface area contributed by atoms with Crippen LogP contribution in [0.15, 0.2) is 0 Å². The fourth-order valence-electron chi connectivity index (χ4n) is 2.04. The molecule has 2 heterocycles. The molecule has 0 N–H and O–H groups in total. The summed E-state index contributed by atoms with van der Waals surface area (Å²) >= 11 is 0. The second-order valence-electron chi connectivity index (χ2n) is 6.32. The molecule has 2 saturated heterocycles. The molecule has 0 radical (unpaired) electrons. The van der Waals surface area contributed by atoms with Gasteiger partial charge in [0.25, 0.3) is 0 Å². The smallest absolute Gasteiger partial charge is 0.0701 e. The van der Waals surface area contributed by atoms with E-state index in [2.05, 4.69) is 13.8 Å². The van der Waals surface area contributed by atoms with Gasteiger partial charge in [0.15, 0.2) is 0 Å². The first kappa shape index (κ1) is 15.2. The molecule has 2 aliphatic rings. The average molecular weight is 274 g/mol. The van der Waals surface area contributed by atoms with Crippen molar-refractivity contribution in [3.05, 3.63) is 0 Å². The normalized spacial score (nSPS) is 23.7. The minimum Gasteiger partial charge on any atom is -0.380 e. The Bertz CT molecular complexity index is 235. The first-order valence-corrected chi connectivity index (χ1v) is 7.01. The second-order valence-corrected chi connectivity index (χ2v) is 6.32. The summed E-state index contributed by atoms with van der Waals surface area (Å²) in [6.45, 7) is 11.6. The maximum atomic E-state index is 5.57. The van der Waals surface area contributed by atoms with Gasteiger partial charge in [-0.15, -0.1) is 0 Å². The average Bonchev–Trinajstić information content (AvgIpc) is 2.32. The van der Waals surface area contributed by atoms with E-state index < -0.39 is 0 Å². The first-order chi connectivity index (χ1) is 9.12. The quantitative estimate of drug-likeness (QED) is 0.558. The number of hydrogen-bond acceptors (Lipinski definition) is 5. The molecule has 0 saturated carbocycles. The molecule has 0 aromatic rings. The summed E-state index contributed by atoms with van der Waals surface area (Å²) in [6, 6.07) is 0. The van der Waals surface area contributed by atoms with Crippen molar-refractivity contribution >= 4 is 0 Å². The zero-order valence-corrected chi connectivity index (χ0v) is 12.1. The Kier molecular flexibility index (Phi) is 5.59. The summed E-state index contributed by atoms with van der Waals surface area (Å²) < 4.78 is 26.9. The van der Waals surface area contributed by atoms with Gasteiger partial charge in [-0.05, 0) is 0 Å². The number of ether oxygens (including phenoxy) is 5. The fraction of sp³-hybridized carbons (Fsp3) is 1.00. The van der Waals surface area contributed by atoms with Crippen LogP contribution < -0.4 is 0 Å². The molecular weight excluding hydrogens is 248 g/mol. The van der Waals surface area contributed by atoms with Gasteiger partial charge in [-0.1, -0.05) is 13.8 Å². The Labute approximate surface area is 115 Å². The van der Waals surface area contributed by atoms with E-state index in [1.165, 1.54) is 0 Å². The molecule has 2 fully saturated rings. The van der Waals surface area contributed by atoms with Crippen LogP contribution in [0.2, 0.25) is 0 Å². The molecule has 0 amide bonds. The van der Waals surface area contributed by atoms with Gasteiger partial charge in [0.2, 0.25) is 0 Å². The van der Waals surface area contributed by atoms with Crippen molar-refractivity contribution in [2.45, 2.75) is 13.8 Å². The monoisotopic (exact) mass is 274 g/mol. The Morgan fingerprint density at radius 1 is 0.684 bits per heavy atom. The van der Waals surface area contributed by atoms with Crippen molar-refractivity contribution in [3.8, 4) is 0 Å². The van der Waals surface area contributed by atoms with E-state index in [-0.39, 0.29) is 10.8 Å². The second kappa shape index (κ2) is 6.99. The first-order valence-electron chi connectivity index (χ1n) is 7.01. The maximum Gasteiger partial charge on any atom is 0.0701 e. The van der Waals surface area contributed by atoms with Crippen LogP contribution in [0.1, 0.15) is 13.8 Å². The molecule has 112 valence electrons. The highest BCUT2D eigenvalue weighted by Crippen LogP contribution is 2.27. The molecule has 5 nitrogen and oxygen atoms in total. The molecule has 5 heteroatoms. The number of rotatable bonds is 10. The van der Waals surface area contributed by atoms with E-state index in [1.54, 1.807) is 0 Å². The largest absolute Gasteiger partial charge is 0.380 e. The summed E-state index contributed by atoms with van der Waals surface area (Å²) in [5, 5.41) is 0. The third kappa shape index (κ3) is 5.00. The van der Waals surface area contributed by atoms with Gasteiger partial charge in [-0.2, -0.15) is 0 Å². The maximum absolute atomic E-state index is 5.57. The van der Waals surface area contributed by atoms with Gasteiger partial charge in [0.05, 0.1) is 66.1 Å². The lowest BCUT2D eigenvalue weighted by Gasteiger charge is -2.37. The van der Waals surface area contributed by atoms with Gasteiger partial charge < -0.3 is 23.7 Å². The summed E-state index contributed by atoms with van der Waals surface area (Å²) in [7, 11) is 0. The summed E-state index contributed by atoms with van der Waals surface area (Å²) in [4.78, 5) is 0. The molecule has 19 heavy (non-hydrogen) atoms. The lowest BCUT2D eigenvalue weighted by atomic mass is 9.90. The van der Waals surface area contributed by atoms with E-state index in [9.17, 15) is 0 Å². The van der Waals surface area contributed by atoms with Crippen LogP contribution in [0, 0.1) is 10.8 Å². The lowest BCUT2D eigenvalue weighted by molar-refractivity contribution is -0.145. The molecule has 0 unspecified atom stereocenters. The van der Waals surface area contributed by atoms with Crippen molar-refractivity contribution < 1.29 is 23.7 Å². The van der Waals surface area contributed by atoms with E-state index in [0.717, 1.165) is 39.6 Å². The van der Waals surface area contributed by atoms with Crippen molar-refractivity contribution in [1.82, 2.24) is 0 Å². The van der Waals surface area contributed by atoms with Crippen LogP contribution in [-0.4, -0.2) is 66.1 Å². The minimum atomic E-state index is 0.226. The summed E-state index contributed by atoms with van der Waals surface area (Å²) in [5.74, 6) is 0. The van der Waals surface area contributed by atoms with Crippen LogP contribution in [0.4, 0.5) is 0 Å². The molecule has 2 rings (SSSR count). The van der Waals surface area contributed by atoms with E-state index >= 15 is 0 Å². The number of hydrogen-bond donors (Lipinski definition) is 0. The van der Waals surface area contributed by atoms with Gasteiger partial charge in [0, 0.05) is 10.8 Å². The SMILES string of the molecule is CC1(COCCOCCOCC2(C)COC2)COC1. The topological polar surface area (TPSA) is 46.2 Å². The van der Waals surface area contributed by atoms with E-state index in [1.807, 2.05) is 0 Å². The van der Waals surface area contributed by atoms with Gasteiger partial charge >= 0.3 is 0 Å². The van der Waals surface area contributed by atoms with Crippen molar-refractivity contribution in [1.29, 1.82) is 0 Å². The van der Waals surface area contributed by atoms with Crippen LogP contribution in [0.3, 0.4) is 0 Å². The molecule has 0 aromatic heterocycles. The van der Waals surface area contributed by atoms with Crippen LogP contribution in [0.5, 0.6) is 0 Å². The predicted octanol–water partition coefficient (Wildman–Crippen LogP) is 1.11. The minimum absolute atomic E-state index is 0.226. The van der Waals surface area contributed by atoms with Crippen LogP contribution in [0.25, 0.3) is 0 Å². The molecular formula is C14H26O5. The zero-order valence-electron chi connectivity index (χ0n) is 12.1. The Morgan fingerprint density at radius 3 is 1.37 bits per heavy atom. The Hall–Kier alpha value is -0.200. The third-order valence-electron chi connectivity index (χ3n) is 3.45.